The van der Waals surface area contributed by atoms with Crippen LogP contribution in [0, 0.1) is 17.8 Å². The van der Waals surface area contributed by atoms with Gasteiger partial charge in [-0.1, -0.05) is 42.8 Å². The zero-order valence-electron chi connectivity index (χ0n) is 16.5. The molecule has 0 saturated heterocycles. The quantitative estimate of drug-likeness (QED) is 0.294. The highest BCUT2D eigenvalue weighted by molar-refractivity contribution is 7.87. The van der Waals surface area contributed by atoms with E-state index in [0.29, 0.717) is 12.8 Å². The van der Waals surface area contributed by atoms with E-state index < -0.39 is 33.1 Å². The highest BCUT2D eigenvalue weighted by Gasteiger charge is 2.71. The molecule has 0 radical (unpaired) electrons. The molecule has 0 aliphatic heterocycles. The third kappa shape index (κ3) is 5.12. The summed E-state index contributed by atoms with van der Waals surface area (Å²) in [6.45, 7) is 0. The molecule has 2 aliphatic rings. The van der Waals surface area contributed by atoms with E-state index in [-0.39, 0.29) is 12.3 Å². The van der Waals surface area contributed by atoms with Crippen LogP contribution in [-0.2, 0) is 10.1 Å². The van der Waals surface area contributed by atoms with Crippen LogP contribution >= 0.6 is 0 Å². The second kappa shape index (κ2) is 9.04. The predicted octanol–water partition coefficient (Wildman–Crippen LogP) is 5.66. The van der Waals surface area contributed by atoms with Gasteiger partial charge in [0, 0.05) is 5.92 Å². The number of para-hydroxylation sites is 2. The smallest absolute Gasteiger partial charge is 0.301 e. The summed E-state index contributed by atoms with van der Waals surface area (Å²) >= 11 is 0. The van der Waals surface area contributed by atoms with E-state index in [1.165, 1.54) is 0 Å². The highest BCUT2D eigenvalue weighted by atomic mass is 32.2. The van der Waals surface area contributed by atoms with Gasteiger partial charge in [-0.25, -0.2) is 0 Å². The lowest BCUT2D eigenvalue weighted by Crippen LogP contribution is -2.52. The topological polar surface area (TPSA) is 78.4 Å². The lowest BCUT2D eigenvalue weighted by Gasteiger charge is -2.33. The number of anilines is 2. The van der Waals surface area contributed by atoms with Gasteiger partial charge < -0.3 is 10.9 Å². The number of fused-ring (bicyclic) bond motifs is 2. The fourth-order valence-electron chi connectivity index (χ4n) is 4.26. The van der Waals surface area contributed by atoms with Gasteiger partial charge in [0.15, 0.2) is 0 Å². The van der Waals surface area contributed by atoms with Gasteiger partial charge in [-0.15, -0.1) is 0 Å². The average molecular weight is 460 g/mol. The number of nitrogens with one attached hydrogen (secondary N) is 2. The molecule has 3 unspecified atom stereocenters. The molecule has 2 aliphatic carbocycles. The van der Waals surface area contributed by atoms with E-state index in [0.717, 1.165) is 17.8 Å². The molecule has 170 valence electrons. The number of hydrazine groups is 1. The SMILES string of the molecule is O=S(=O)(O)C(F)(F)C(F)(F)C1CC2CCC1C2.c1ccc(NNc2ccccc2)cc1. The summed E-state index contributed by atoms with van der Waals surface area (Å²) in [7, 11) is -6.10. The number of hydrogen-bond donors (Lipinski definition) is 3. The van der Waals surface area contributed by atoms with E-state index >= 15 is 0 Å². The maximum absolute atomic E-state index is 13.6. The van der Waals surface area contributed by atoms with Crippen LogP contribution in [-0.4, -0.2) is 24.1 Å². The normalized spacial score (nSPS) is 23.1. The Kier molecular flexibility index (Phi) is 6.80. The minimum absolute atomic E-state index is 0.0203. The zero-order chi connectivity index (χ0) is 22.7. The first kappa shape index (κ1) is 23.3. The van der Waals surface area contributed by atoms with Crippen LogP contribution in [0.5, 0.6) is 0 Å². The van der Waals surface area contributed by atoms with Crippen LogP contribution in [0.2, 0.25) is 0 Å². The second-order valence-corrected chi connectivity index (χ2v) is 9.34. The van der Waals surface area contributed by atoms with Gasteiger partial charge in [0.25, 0.3) is 0 Å². The van der Waals surface area contributed by atoms with Crippen molar-refractivity contribution < 1.29 is 30.5 Å². The summed E-state index contributed by atoms with van der Waals surface area (Å²) in [5.74, 6) is -6.95. The van der Waals surface area contributed by atoms with Crippen molar-refractivity contribution in [1.29, 1.82) is 0 Å². The summed E-state index contributed by atoms with van der Waals surface area (Å²) in [5, 5.41) is -5.41. The molecular formula is C21H24F4N2O3S. The van der Waals surface area contributed by atoms with Crippen molar-refractivity contribution in [2.75, 3.05) is 10.9 Å². The molecule has 4 rings (SSSR count). The van der Waals surface area contributed by atoms with Gasteiger partial charge in [0.2, 0.25) is 0 Å². The number of halogens is 4. The molecule has 2 saturated carbocycles. The number of alkyl halides is 4. The number of hydrogen-bond acceptors (Lipinski definition) is 4. The molecule has 10 heteroatoms. The maximum Gasteiger partial charge on any atom is 0.431 e. The van der Waals surface area contributed by atoms with Crippen molar-refractivity contribution in [2.45, 2.75) is 36.9 Å². The van der Waals surface area contributed by atoms with Crippen molar-refractivity contribution >= 4 is 21.5 Å². The summed E-state index contributed by atoms with van der Waals surface area (Å²) in [5.41, 5.74) is 8.33. The van der Waals surface area contributed by atoms with E-state index in [2.05, 4.69) is 10.9 Å². The minimum atomic E-state index is -6.10. The standard InChI is InChI=1S/C12H12N2.C9H12F4O3S/c1-3-7-11(8-4-1)13-14-12-9-5-2-6-10-12;10-8(11,9(12,13)17(14,15)16)7-4-5-1-2-6(7)3-5/h1-10,13-14H;5-7H,1-4H2,(H,14,15,16). The van der Waals surface area contributed by atoms with Crippen molar-refractivity contribution in [2.24, 2.45) is 17.8 Å². The van der Waals surface area contributed by atoms with Crippen molar-refractivity contribution in [3.8, 4) is 0 Å². The molecule has 0 heterocycles. The van der Waals surface area contributed by atoms with Crippen LogP contribution in [0.3, 0.4) is 0 Å². The van der Waals surface area contributed by atoms with Crippen molar-refractivity contribution in [3.05, 3.63) is 60.7 Å². The fourth-order valence-corrected chi connectivity index (χ4v) is 4.76. The number of benzene rings is 2. The first-order valence-electron chi connectivity index (χ1n) is 9.87. The lowest BCUT2D eigenvalue weighted by molar-refractivity contribution is -0.202. The Labute approximate surface area is 178 Å². The highest BCUT2D eigenvalue weighted by Crippen LogP contribution is 2.58. The second-order valence-electron chi connectivity index (χ2n) is 7.88. The molecule has 2 aromatic carbocycles. The minimum Gasteiger partial charge on any atom is -0.301 e. The van der Waals surface area contributed by atoms with Gasteiger partial charge in [-0.2, -0.15) is 26.0 Å². The first-order valence-corrected chi connectivity index (χ1v) is 11.3. The van der Waals surface area contributed by atoms with E-state index in [4.69, 9.17) is 4.55 Å². The predicted molar refractivity (Wildman–Crippen MR) is 111 cm³/mol. The summed E-state index contributed by atoms with van der Waals surface area (Å²) < 4.78 is 82.4. The van der Waals surface area contributed by atoms with E-state index in [1.807, 2.05) is 60.7 Å². The Hall–Kier alpha value is -2.33. The Morgan fingerprint density at radius 1 is 0.806 bits per heavy atom. The van der Waals surface area contributed by atoms with Gasteiger partial charge in [0.05, 0.1) is 11.4 Å². The van der Waals surface area contributed by atoms with E-state index in [9.17, 15) is 26.0 Å². The van der Waals surface area contributed by atoms with Crippen LogP contribution < -0.4 is 10.9 Å². The molecule has 3 N–H and O–H groups in total. The Balaban J connectivity index is 0.000000179. The number of rotatable bonds is 6. The van der Waals surface area contributed by atoms with Gasteiger partial charge in [0.1, 0.15) is 0 Å². The van der Waals surface area contributed by atoms with Crippen LogP contribution in [0.15, 0.2) is 60.7 Å². The molecule has 0 aromatic heterocycles. The molecule has 5 nitrogen and oxygen atoms in total. The van der Waals surface area contributed by atoms with Crippen LogP contribution in [0.25, 0.3) is 0 Å². The molecule has 0 amide bonds. The molecular weight excluding hydrogens is 436 g/mol. The fraction of sp³-hybridized carbons (Fsp3) is 0.429. The van der Waals surface area contributed by atoms with Crippen LogP contribution in [0.1, 0.15) is 25.7 Å². The molecule has 3 atom stereocenters. The third-order valence-electron chi connectivity index (χ3n) is 5.81. The third-order valence-corrected chi connectivity index (χ3v) is 6.73. The first-order chi connectivity index (χ1) is 14.5. The Morgan fingerprint density at radius 2 is 1.29 bits per heavy atom. The summed E-state index contributed by atoms with van der Waals surface area (Å²) in [6.07, 6.45) is 1.51. The Morgan fingerprint density at radius 3 is 1.65 bits per heavy atom. The maximum atomic E-state index is 13.6. The molecule has 31 heavy (non-hydrogen) atoms. The van der Waals surface area contributed by atoms with Gasteiger partial charge in [-0.05, 0) is 55.4 Å². The lowest BCUT2D eigenvalue weighted by atomic mass is 9.84. The largest absolute Gasteiger partial charge is 0.431 e. The van der Waals surface area contributed by atoms with Crippen molar-refractivity contribution in [1.82, 2.24) is 0 Å². The molecule has 2 fully saturated rings. The Bertz CT molecular complexity index is 920. The summed E-state index contributed by atoms with van der Waals surface area (Å²) in [6, 6.07) is 20.0. The molecule has 2 aromatic rings. The van der Waals surface area contributed by atoms with Crippen molar-refractivity contribution in [3.63, 3.8) is 0 Å². The average Bonchev–Trinajstić information content (AvgIpc) is 3.37. The van der Waals surface area contributed by atoms with Gasteiger partial charge in [-0.3, -0.25) is 4.55 Å². The monoisotopic (exact) mass is 460 g/mol. The van der Waals surface area contributed by atoms with Gasteiger partial charge >= 0.3 is 21.3 Å². The zero-order valence-corrected chi connectivity index (χ0v) is 17.3. The molecule has 0 spiro atoms. The molecule has 2 bridgehead atoms. The van der Waals surface area contributed by atoms with E-state index in [1.54, 1.807) is 0 Å². The summed E-state index contributed by atoms with van der Waals surface area (Å²) in [4.78, 5) is 0. The van der Waals surface area contributed by atoms with Crippen LogP contribution in [0.4, 0.5) is 28.9 Å².